The fourth-order valence-corrected chi connectivity index (χ4v) is 2.95. The Labute approximate surface area is 138 Å². The van der Waals surface area contributed by atoms with Crippen molar-refractivity contribution >= 4 is 23.3 Å². The molecule has 6 nitrogen and oxygen atoms in total. The smallest absolute Gasteiger partial charge is 0.264 e. The Bertz CT molecular complexity index is 819. The van der Waals surface area contributed by atoms with E-state index in [4.69, 9.17) is 5.73 Å². The second-order valence-corrected chi connectivity index (χ2v) is 5.70. The third kappa shape index (κ3) is 2.57. The Morgan fingerprint density at radius 3 is 2.33 bits per heavy atom. The van der Waals surface area contributed by atoms with E-state index in [2.05, 4.69) is 0 Å². The number of para-hydroxylation sites is 1. The van der Waals surface area contributed by atoms with E-state index in [0.29, 0.717) is 16.8 Å². The summed E-state index contributed by atoms with van der Waals surface area (Å²) in [6.45, 7) is -0.350. The first-order valence-electron chi connectivity index (χ1n) is 7.44. The summed E-state index contributed by atoms with van der Waals surface area (Å²) in [5.74, 6) is -1.77. The fraction of sp³-hybridized carbons (Fsp3) is 0.167. The number of amides is 2. The average molecular weight is 324 g/mol. The van der Waals surface area contributed by atoms with Crippen molar-refractivity contribution in [3.63, 3.8) is 0 Å². The molecule has 1 aliphatic rings. The Balaban J connectivity index is 1.98. The Morgan fingerprint density at radius 2 is 1.67 bits per heavy atom. The van der Waals surface area contributed by atoms with Gasteiger partial charge < -0.3 is 10.8 Å². The van der Waals surface area contributed by atoms with Crippen LogP contribution in [0.25, 0.3) is 0 Å². The highest BCUT2D eigenvalue weighted by Gasteiger charge is 2.51. The molecule has 0 aromatic heterocycles. The number of primary amides is 1. The number of carbonyl (C=O) groups is 3. The zero-order valence-electron chi connectivity index (χ0n) is 12.8. The minimum atomic E-state index is -2.00. The van der Waals surface area contributed by atoms with Crippen molar-refractivity contribution in [2.45, 2.75) is 12.0 Å². The van der Waals surface area contributed by atoms with E-state index in [1.165, 1.54) is 0 Å². The predicted octanol–water partition coefficient (Wildman–Crippen LogP) is 0.979. The van der Waals surface area contributed by atoms with Crippen molar-refractivity contribution in [2.24, 2.45) is 5.73 Å². The topological polar surface area (TPSA) is 101 Å². The number of ketones is 1. The maximum Gasteiger partial charge on any atom is 0.264 e. The van der Waals surface area contributed by atoms with Crippen LogP contribution in [-0.4, -0.2) is 29.2 Å². The van der Waals surface area contributed by atoms with Gasteiger partial charge in [-0.3, -0.25) is 19.3 Å². The molecule has 0 bridgehead atoms. The van der Waals surface area contributed by atoms with Crippen LogP contribution in [-0.2, 0) is 15.2 Å². The molecule has 1 aliphatic heterocycles. The molecule has 1 unspecified atom stereocenters. The minimum absolute atomic E-state index is 0.306. The zero-order chi connectivity index (χ0) is 17.3. The molecular formula is C18H16N2O4. The molecule has 0 aliphatic carbocycles. The molecular weight excluding hydrogens is 308 g/mol. The highest BCUT2D eigenvalue weighted by molar-refractivity contribution is 6.12. The molecule has 2 aromatic carbocycles. The van der Waals surface area contributed by atoms with Crippen LogP contribution in [0.15, 0.2) is 54.6 Å². The van der Waals surface area contributed by atoms with Gasteiger partial charge in [-0.2, -0.15) is 0 Å². The lowest BCUT2D eigenvalue weighted by atomic mass is 9.88. The van der Waals surface area contributed by atoms with E-state index >= 15 is 0 Å². The Kier molecular flexibility index (Phi) is 3.91. The van der Waals surface area contributed by atoms with Crippen LogP contribution in [0, 0.1) is 0 Å². The lowest BCUT2D eigenvalue weighted by Gasteiger charge is -2.22. The molecule has 24 heavy (non-hydrogen) atoms. The highest BCUT2D eigenvalue weighted by Crippen LogP contribution is 2.42. The normalized spacial score (nSPS) is 19.2. The third-order valence-electron chi connectivity index (χ3n) is 4.07. The van der Waals surface area contributed by atoms with Crippen molar-refractivity contribution in [2.75, 3.05) is 11.4 Å². The Hall–Kier alpha value is -2.99. The summed E-state index contributed by atoms with van der Waals surface area (Å²) in [4.78, 5) is 37.5. The molecule has 122 valence electrons. The lowest BCUT2D eigenvalue weighted by Crippen LogP contribution is -2.44. The number of aliphatic hydroxyl groups is 1. The number of anilines is 1. The number of nitrogens with zero attached hydrogens (tertiary/aromatic N) is 1. The first-order chi connectivity index (χ1) is 11.4. The molecule has 1 heterocycles. The lowest BCUT2D eigenvalue weighted by molar-refractivity contribution is -0.136. The van der Waals surface area contributed by atoms with Gasteiger partial charge in [0.25, 0.3) is 5.91 Å². The number of hydrogen-bond donors (Lipinski definition) is 2. The molecule has 2 amide bonds. The maximum absolute atomic E-state index is 12.7. The van der Waals surface area contributed by atoms with E-state index in [1.54, 1.807) is 54.6 Å². The van der Waals surface area contributed by atoms with Gasteiger partial charge in [0.15, 0.2) is 11.4 Å². The van der Waals surface area contributed by atoms with Crippen molar-refractivity contribution < 1.29 is 19.5 Å². The van der Waals surface area contributed by atoms with E-state index in [0.717, 1.165) is 4.90 Å². The van der Waals surface area contributed by atoms with Gasteiger partial charge in [-0.1, -0.05) is 48.5 Å². The first kappa shape index (κ1) is 15.9. The van der Waals surface area contributed by atoms with Crippen LogP contribution in [0.3, 0.4) is 0 Å². The molecule has 3 N–H and O–H groups in total. The van der Waals surface area contributed by atoms with Gasteiger partial charge in [0.2, 0.25) is 5.91 Å². The van der Waals surface area contributed by atoms with Crippen LogP contribution >= 0.6 is 0 Å². The second kappa shape index (κ2) is 5.90. The highest BCUT2D eigenvalue weighted by atomic mass is 16.3. The number of fused-ring (bicyclic) bond motifs is 1. The van der Waals surface area contributed by atoms with Crippen molar-refractivity contribution in [1.29, 1.82) is 0 Å². The van der Waals surface area contributed by atoms with Crippen LogP contribution in [0.5, 0.6) is 0 Å². The van der Waals surface area contributed by atoms with E-state index in [9.17, 15) is 19.5 Å². The number of benzene rings is 2. The zero-order valence-corrected chi connectivity index (χ0v) is 12.8. The fourth-order valence-electron chi connectivity index (χ4n) is 2.95. The van der Waals surface area contributed by atoms with Gasteiger partial charge >= 0.3 is 0 Å². The van der Waals surface area contributed by atoms with Crippen LogP contribution in [0.2, 0.25) is 0 Å². The summed E-state index contributed by atoms with van der Waals surface area (Å²) < 4.78 is 0. The molecule has 0 spiro atoms. The molecule has 0 saturated heterocycles. The first-order valence-corrected chi connectivity index (χ1v) is 7.44. The molecule has 3 rings (SSSR count). The van der Waals surface area contributed by atoms with Crippen molar-refractivity contribution in [3.05, 3.63) is 65.7 Å². The summed E-state index contributed by atoms with van der Waals surface area (Å²) in [7, 11) is 0. The molecule has 2 aromatic rings. The van der Waals surface area contributed by atoms with Gasteiger partial charge in [0.05, 0.1) is 12.1 Å². The van der Waals surface area contributed by atoms with Gasteiger partial charge in [-0.05, 0) is 6.07 Å². The maximum atomic E-state index is 12.7. The van der Waals surface area contributed by atoms with Crippen LogP contribution < -0.4 is 10.6 Å². The van der Waals surface area contributed by atoms with Crippen molar-refractivity contribution in [1.82, 2.24) is 0 Å². The quantitative estimate of drug-likeness (QED) is 0.801. The van der Waals surface area contributed by atoms with Crippen LogP contribution in [0.4, 0.5) is 5.69 Å². The van der Waals surface area contributed by atoms with Gasteiger partial charge in [-0.25, -0.2) is 0 Å². The number of carbonyl (C=O) groups excluding carboxylic acids is 3. The van der Waals surface area contributed by atoms with Crippen molar-refractivity contribution in [3.8, 4) is 0 Å². The van der Waals surface area contributed by atoms with Gasteiger partial charge in [-0.15, -0.1) is 0 Å². The monoisotopic (exact) mass is 324 g/mol. The molecule has 6 heteroatoms. The van der Waals surface area contributed by atoms with E-state index < -0.39 is 23.8 Å². The predicted molar refractivity (Wildman–Crippen MR) is 87.3 cm³/mol. The summed E-state index contributed by atoms with van der Waals surface area (Å²) in [6, 6.07) is 15.0. The summed E-state index contributed by atoms with van der Waals surface area (Å²) in [5.41, 5.74) is 4.30. The summed E-state index contributed by atoms with van der Waals surface area (Å²) in [5, 5.41) is 11.0. The SMILES string of the molecule is NC(=O)CN1C(=O)C(O)(CC(=O)c2ccccc2)c2ccccc21. The second-order valence-electron chi connectivity index (χ2n) is 5.70. The number of hydrogen-bond acceptors (Lipinski definition) is 4. The summed E-state index contributed by atoms with van der Waals surface area (Å²) in [6.07, 6.45) is -0.401. The molecule has 0 fully saturated rings. The average Bonchev–Trinajstić information content (AvgIpc) is 2.78. The molecule has 0 radical (unpaired) electrons. The minimum Gasteiger partial charge on any atom is -0.375 e. The van der Waals surface area contributed by atoms with Gasteiger partial charge in [0, 0.05) is 11.1 Å². The van der Waals surface area contributed by atoms with E-state index in [-0.39, 0.29) is 12.3 Å². The largest absolute Gasteiger partial charge is 0.375 e. The summed E-state index contributed by atoms with van der Waals surface area (Å²) >= 11 is 0. The molecule has 0 saturated carbocycles. The number of nitrogens with two attached hydrogens (primary N) is 1. The van der Waals surface area contributed by atoms with Crippen LogP contribution in [0.1, 0.15) is 22.3 Å². The standard InChI is InChI=1S/C18H16N2O4/c19-16(22)11-20-14-9-5-4-8-13(14)18(24,17(20)23)10-15(21)12-6-2-1-3-7-12/h1-9,24H,10-11H2,(H2,19,22). The Morgan fingerprint density at radius 1 is 1.04 bits per heavy atom. The third-order valence-corrected chi connectivity index (χ3v) is 4.07. The number of rotatable bonds is 5. The molecule has 1 atom stereocenters. The van der Waals surface area contributed by atoms with E-state index in [1.807, 2.05) is 0 Å². The van der Waals surface area contributed by atoms with Gasteiger partial charge in [0.1, 0.15) is 6.54 Å². The number of Topliss-reactive ketones (excluding diaryl/α,β-unsaturated/α-hetero) is 1.